The SMILES string of the molecule is CCC(CCO)NC(=O)c1ccn(-c2cccc([N+](=O)[O-])c2)n1. The summed E-state index contributed by atoms with van der Waals surface area (Å²) in [7, 11) is 0. The Morgan fingerprint density at radius 3 is 2.91 bits per heavy atom. The van der Waals surface area contributed by atoms with Crippen molar-refractivity contribution in [3.8, 4) is 5.69 Å². The molecule has 1 heterocycles. The minimum atomic E-state index is -0.485. The van der Waals surface area contributed by atoms with Gasteiger partial charge in [0.2, 0.25) is 0 Å². The predicted molar refractivity (Wildman–Crippen MR) is 83.5 cm³/mol. The van der Waals surface area contributed by atoms with Crippen molar-refractivity contribution in [1.82, 2.24) is 15.1 Å². The van der Waals surface area contributed by atoms with E-state index in [1.165, 1.54) is 16.8 Å². The summed E-state index contributed by atoms with van der Waals surface area (Å²) < 4.78 is 1.41. The molecule has 0 saturated carbocycles. The summed E-state index contributed by atoms with van der Waals surface area (Å²) in [6.07, 6.45) is 2.76. The molecule has 0 bridgehead atoms. The second kappa shape index (κ2) is 7.50. The number of aliphatic hydroxyl groups is 1. The lowest BCUT2D eigenvalue weighted by molar-refractivity contribution is -0.384. The molecule has 0 saturated heterocycles. The summed E-state index contributed by atoms with van der Waals surface area (Å²) in [5.41, 5.74) is 0.673. The number of carbonyl (C=O) groups excluding carboxylic acids is 1. The van der Waals surface area contributed by atoms with Gasteiger partial charge in [0.05, 0.1) is 10.6 Å². The first-order chi connectivity index (χ1) is 11.0. The number of aliphatic hydroxyl groups excluding tert-OH is 1. The molecule has 1 unspecified atom stereocenters. The second-order valence-electron chi connectivity index (χ2n) is 5.01. The molecule has 0 aliphatic carbocycles. The van der Waals surface area contributed by atoms with E-state index in [4.69, 9.17) is 5.11 Å². The van der Waals surface area contributed by atoms with Crippen molar-refractivity contribution in [2.45, 2.75) is 25.8 Å². The summed E-state index contributed by atoms with van der Waals surface area (Å²) in [6.45, 7) is 1.92. The maximum absolute atomic E-state index is 12.1. The number of benzene rings is 1. The Labute approximate surface area is 132 Å². The topological polar surface area (TPSA) is 110 Å². The Morgan fingerprint density at radius 2 is 2.26 bits per heavy atom. The summed E-state index contributed by atoms with van der Waals surface area (Å²) >= 11 is 0. The molecule has 1 amide bonds. The highest BCUT2D eigenvalue weighted by atomic mass is 16.6. The largest absolute Gasteiger partial charge is 0.396 e. The lowest BCUT2D eigenvalue weighted by atomic mass is 10.1. The second-order valence-corrected chi connectivity index (χ2v) is 5.01. The number of hydrogen-bond acceptors (Lipinski definition) is 5. The molecule has 23 heavy (non-hydrogen) atoms. The molecular formula is C15H18N4O4. The minimum Gasteiger partial charge on any atom is -0.396 e. The molecule has 0 fully saturated rings. The molecule has 0 aliphatic rings. The summed E-state index contributed by atoms with van der Waals surface area (Å²) in [6, 6.07) is 7.43. The number of hydrogen-bond donors (Lipinski definition) is 2. The van der Waals surface area contributed by atoms with Crippen molar-refractivity contribution in [3.63, 3.8) is 0 Å². The molecule has 2 N–H and O–H groups in total. The van der Waals surface area contributed by atoms with Gasteiger partial charge in [-0.25, -0.2) is 4.68 Å². The number of nitro benzene ring substituents is 1. The fourth-order valence-electron chi connectivity index (χ4n) is 2.13. The maximum atomic E-state index is 12.1. The minimum absolute atomic E-state index is 0.000903. The van der Waals surface area contributed by atoms with Crippen LogP contribution in [0, 0.1) is 10.1 Å². The Balaban J connectivity index is 2.15. The quantitative estimate of drug-likeness (QED) is 0.596. The molecule has 0 aliphatic heterocycles. The molecule has 2 aromatic rings. The molecule has 1 aromatic heterocycles. The van der Waals surface area contributed by atoms with Crippen molar-refractivity contribution in [2.24, 2.45) is 0 Å². The van der Waals surface area contributed by atoms with Gasteiger partial charge in [0, 0.05) is 31.0 Å². The fraction of sp³-hybridized carbons (Fsp3) is 0.333. The number of rotatable bonds is 7. The van der Waals surface area contributed by atoms with Gasteiger partial charge in [-0.05, 0) is 25.0 Å². The van der Waals surface area contributed by atoms with Crippen molar-refractivity contribution in [1.29, 1.82) is 0 Å². The van der Waals surface area contributed by atoms with E-state index < -0.39 is 4.92 Å². The smallest absolute Gasteiger partial charge is 0.272 e. The fourth-order valence-corrected chi connectivity index (χ4v) is 2.13. The first-order valence-corrected chi connectivity index (χ1v) is 7.27. The third-order valence-corrected chi connectivity index (χ3v) is 3.43. The number of nitro groups is 1. The standard InChI is InChI=1S/C15H18N4O4/c1-2-11(7-9-20)16-15(21)14-6-8-18(17-14)12-4-3-5-13(10-12)19(22)23/h3-6,8,10-11,20H,2,7,9H2,1H3,(H,16,21). The van der Waals surface area contributed by atoms with Crippen molar-refractivity contribution in [3.05, 3.63) is 52.3 Å². The van der Waals surface area contributed by atoms with Gasteiger partial charge in [0.15, 0.2) is 5.69 Å². The highest BCUT2D eigenvalue weighted by Crippen LogP contribution is 2.16. The van der Waals surface area contributed by atoms with Gasteiger partial charge in [-0.3, -0.25) is 14.9 Å². The Morgan fingerprint density at radius 1 is 1.48 bits per heavy atom. The molecule has 8 heteroatoms. The first-order valence-electron chi connectivity index (χ1n) is 7.27. The van der Waals surface area contributed by atoms with Crippen LogP contribution in [0.15, 0.2) is 36.5 Å². The zero-order valence-electron chi connectivity index (χ0n) is 12.7. The molecule has 0 spiro atoms. The number of nitrogens with one attached hydrogen (secondary N) is 1. The van der Waals surface area contributed by atoms with Crippen LogP contribution in [0.1, 0.15) is 30.3 Å². The summed E-state index contributed by atoms with van der Waals surface area (Å²) in [4.78, 5) is 22.5. The number of non-ortho nitro benzene ring substituents is 1. The molecule has 8 nitrogen and oxygen atoms in total. The van der Waals surface area contributed by atoms with Gasteiger partial charge in [-0.15, -0.1) is 0 Å². The van der Waals surface area contributed by atoms with E-state index in [2.05, 4.69) is 10.4 Å². The monoisotopic (exact) mass is 318 g/mol. The van der Waals surface area contributed by atoms with Gasteiger partial charge in [0.25, 0.3) is 11.6 Å². The lowest BCUT2D eigenvalue weighted by Gasteiger charge is -2.14. The van der Waals surface area contributed by atoms with Gasteiger partial charge in [0.1, 0.15) is 0 Å². The van der Waals surface area contributed by atoms with Crippen molar-refractivity contribution < 1.29 is 14.8 Å². The molecule has 0 radical (unpaired) electrons. The third kappa shape index (κ3) is 4.13. The van der Waals surface area contributed by atoms with E-state index in [-0.39, 0.29) is 29.9 Å². The molecule has 2 rings (SSSR count). The van der Waals surface area contributed by atoms with E-state index >= 15 is 0 Å². The maximum Gasteiger partial charge on any atom is 0.272 e. The Kier molecular flexibility index (Phi) is 5.42. The molecule has 122 valence electrons. The van der Waals surface area contributed by atoms with Gasteiger partial charge in [-0.1, -0.05) is 13.0 Å². The van der Waals surface area contributed by atoms with Crippen LogP contribution < -0.4 is 5.32 Å². The zero-order chi connectivity index (χ0) is 16.8. The van der Waals surface area contributed by atoms with Crippen LogP contribution in [-0.4, -0.2) is 38.4 Å². The summed E-state index contributed by atoms with van der Waals surface area (Å²) in [5, 5.41) is 26.7. The average Bonchev–Trinajstić information content (AvgIpc) is 3.04. The number of amides is 1. The number of aromatic nitrogens is 2. The number of nitrogens with zero attached hydrogens (tertiary/aromatic N) is 3. The van der Waals surface area contributed by atoms with Crippen LogP contribution in [0.4, 0.5) is 5.69 Å². The first kappa shape index (κ1) is 16.6. The van der Waals surface area contributed by atoms with Gasteiger partial charge >= 0.3 is 0 Å². The van der Waals surface area contributed by atoms with Crippen LogP contribution >= 0.6 is 0 Å². The Bertz CT molecular complexity index is 698. The Hall–Kier alpha value is -2.74. The van der Waals surface area contributed by atoms with E-state index in [0.717, 1.165) is 0 Å². The lowest BCUT2D eigenvalue weighted by Crippen LogP contribution is -2.35. The molecule has 1 aromatic carbocycles. The van der Waals surface area contributed by atoms with E-state index in [0.29, 0.717) is 18.5 Å². The van der Waals surface area contributed by atoms with Gasteiger partial charge in [-0.2, -0.15) is 5.10 Å². The van der Waals surface area contributed by atoms with Crippen molar-refractivity contribution in [2.75, 3.05) is 6.61 Å². The van der Waals surface area contributed by atoms with E-state index in [1.807, 2.05) is 6.92 Å². The third-order valence-electron chi connectivity index (χ3n) is 3.43. The molecule has 1 atom stereocenters. The zero-order valence-corrected chi connectivity index (χ0v) is 12.7. The predicted octanol–water partition coefficient (Wildman–Crippen LogP) is 1.67. The summed E-state index contributed by atoms with van der Waals surface area (Å²) in [5.74, 6) is -0.338. The van der Waals surface area contributed by atoms with Crippen molar-refractivity contribution >= 4 is 11.6 Å². The van der Waals surface area contributed by atoms with Crippen LogP contribution in [0.25, 0.3) is 5.69 Å². The highest BCUT2D eigenvalue weighted by Gasteiger charge is 2.15. The highest BCUT2D eigenvalue weighted by molar-refractivity contribution is 5.92. The van der Waals surface area contributed by atoms with Crippen LogP contribution in [0.3, 0.4) is 0 Å². The average molecular weight is 318 g/mol. The number of carbonyl (C=O) groups is 1. The normalized spacial score (nSPS) is 11.9. The van der Waals surface area contributed by atoms with Crippen LogP contribution in [0.2, 0.25) is 0 Å². The van der Waals surface area contributed by atoms with Crippen LogP contribution in [-0.2, 0) is 0 Å². The van der Waals surface area contributed by atoms with Gasteiger partial charge < -0.3 is 10.4 Å². The van der Waals surface area contributed by atoms with E-state index in [1.54, 1.807) is 24.4 Å². The van der Waals surface area contributed by atoms with E-state index in [9.17, 15) is 14.9 Å². The van der Waals surface area contributed by atoms with Crippen LogP contribution in [0.5, 0.6) is 0 Å². The molecular weight excluding hydrogens is 300 g/mol.